The summed E-state index contributed by atoms with van der Waals surface area (Å²) in [5.41, 5.74) is 0.484. The molecule has 0 unspecified atom stereocenters. The van der Waals surface area contributed by atoms with Crippen LogP contribution in [0, 0.1) is 5.82 Å². The molecule has 2 aromatic rings. The Morgan fingerprint density at radius 1 is 1.06 bits per heavy atom. The normalized spacial score (nSPS) is 12.5. The summed E-state index contributed by atoms with van der Waals surface area (Å²) in [5.74, 6) is -1.69. The fraction of sp³-hybridized carbons (Fsp3) is 0.423. The number of carbonyl (C=O) groups is 3. The molecular weight excluding hydrogens is 485 g/mol. The maximum Gasteiger partial charge on any atom is 0.244 e. The Morgan fingerprint density at radius 2 is 1.67 bits per heavy atom. The van der Waals surface area contributed by atoms with Crippen molar-refractivity contribution in [1.82, 2.24) is 10.2 Å². The van der Waals surface area contributed by atoms with Gasteiger partial charge in [-0.3, -0.25) is 18.7 Å². The number of ketones is 1. The van der Waals surface area contributed by atoms with Crippen LogP contribution in [-0.2, 0) is 26.2 Å². The molecule has 2 amide bonds. The molecular formula is C26H34FN3O5S. The van der Waals surface area contributed by atoms with E-state index in [1.165, 1.54) is 54.3 Å². The van der Waals surface area contributed by atoms with E-state index in [4.69, 9.17) is 0 Å². The lowest BCUT2D eigenvalue weighted by atomic mass is 10.1. The summed E-state index contributed by atoms with van der Waals surface area (Å²) in [4.78, 5) is 39.9. The number of sulfonamides is 1. The molecule has 0 bridgehead atoms. The molecule has 10 heteroatoms. The lowest BCUT2D eigenvalue weighted by molar-refractivity contribution is -0.141. The maximum atomic E-state index is 13.6. The summed E-state index contributed by atoms with van der Waals surface area (Å²) in [7, 11) is -3.92. The van der Waals surface area contributed by atoms with Crippen LogP contribution < -0.4 is 9.62 Å². The highest BCUT2D eigenvalue weighted by Gasteiger charge is 2.33. The number of nitrogens with one attached hydrogen (secondary N) is 1. The van der Waals surface area contributed by atoms with E-state index in [1.54, 1.807) is 13.0 Å². The van der Waals surface area contributed by atoms with E-state index in [0.717, 1.165) is 10.6 Å². The second-order valence-corrected chi connectivity index (χ2v) is 11.6. The zero-order valence-corrected chi connectivity index (χ0v) is 22.4. The smallest absolute Gasteiger partial charge is 0.244 e. The summed E-state index contributed by atoms with van der Waals surface area (Å²) in [5, 5.41) is 2.87. The minimum atomic E-state index is -3.92. The van der Waals surface area contributed by atoms with E-state index in [2.05, 4.69) is 5.32 Å². The quantitative estimate of drug-likeness (QED) is 0.484. The van der Waals surface area contributed by atoms with Crippen molar-refractivity contribution >= 4 is 33.3 Å². The van der Waals surface area contributed by atoms with Gasteiger partial charge in [-0.05, 0) is 63.9 Å². The molecule has 2 rings (SSSR count). The summed E-state index contributed by atoms with van der Waals surface area (Å²) in [6.45, 7) is 7.95. The van der Waals surface area contributed by atoms with E-state index >= 15 is 0 Å². The molecule has 1 atom stereocenters. The fourth-order valence-electron chi connectivity index (χ4n) is 3.65. The molecule has 0 aliphatic rings. The fourth-order valence-corrected chi connectivity index (χ4v) is 4.49. The monoisotopic (exact) mass is 519 g/mol. The third kappa shape index (κ3) is 8.15. The molecule has 0 aliphatic heterocycles. The second-order valence-electron chi connectivity index (χ2n) is 9.69. The van der Waals surface area contributed by atoms with Crippen molar-refractivity contribution in [3.63, 3.8) is 0 Å². The first-order chi connectivity index (χ1) is 16.6. The number of benzene rings is 2. The molecule has 0 radical (unpaired) electrons. The number of hydrogen-bond acceptors (Lipinski definition) is 5. The van der Waals surface area contributed by atoms with Gasteiger partial charge in [0.05, 0.1) is 11.9 Å². The first kappa shape index (κ1) is 29.0. The summed E-state index contributed by atoms with van der Waals surface area (Å²) in [6, 6.07) is 10.6. The second kappa shape index (κ2) is 11.6. The Morgan fingerprint density at radius 3 is 2.17 bits per heavy atom. The van der Waals surface area contributed by atoms with Gasteiger partial charge in [-0.15, -0.1) is 0 Å². The van der Waals surface area contributed by atoms with Gasteiger partial charge in [0.2, 0.25) is 21.8 Å². The van der Waals surface area contributed by atoms with Gasteiger partial charge < -0.3 is 10.2 Å². The Hall–Kier alpha value is -3.27. The highest BCUT2D eigenvalue weighted by atomic mass is 32.2. The Labute approximate surface area is 212 Å². The summed E-state index contributed by atoms with van der Waals surface area (Å²) < 4.78 is 39.7. The average molecular weight is 520 g/mol. The minimum absolute atomic E-state index is 0.0275. The van der Waals surface area contributed by atoms with Gasteiger partial charge in [0.1, 0.15) is 18.4 Å². The zero-order valence-electron chi connectivity index (χ0n) is 21.5. The largest absolute Gasteiger partial charge is 0.350 e. The highest BCUT2D eigenvalue weighted by molar-refractivity contribution is 7.92. The van der Waals surface area contributed by atoms with E-state index in [0.29, 0.717) is 11.1 Å². The first-order valence-corrected chi connectivity index (χ1v) is 13.4. The van der Waals surface area contributed by atoms with Crippen molar-refractivity contribution < 1.29 is 27.2 Å². The molecule has 0 spiro atoms. The van der Waals surface area contributed by atoms with E-state index in [9.17, 15) is 27.2 Å². The number of carbonyl (C=O) groups excluding carboxylic acids is 3. The molecule has 196 valence electrons. The number of hydrogen-bond donors (Lipinski definition) is 1. The van der Waals surface area contributed by atoms with Gasteiger partial charge in [-0.1, -0.05) is 31.2 Å². The number of amides is 2. The highest BCUT2D eigenvalue weighted by Crippen LogP contribution is 2.21. The van der Waals surface area contributed by atoms with E-state index < -0.39 is 39.9 Å². The first-order valence-electron chi connectivity index (χ1n) is 11.6. The van der Waals surface area contributed by atoms with Gasteiger partial charge >= 0.3 is 0 Å². The van der Waals surface area contributed by atoms with E-state index in [1.807, 2.05) is 20.8 Å². The van der Waals surface area contributed by atoms with Crippen LogP contribution in [0.1, 0.15) is 57.0 Å². The van der Waals surface area contributed by atoms with E-state index in [-0.39, 0.29) is 30.3 Å². The molecule has 1 N–H and O–H groups in total. The minimum Gasteiger partial charge on any atom is -0.350 e. The summed E-state index contributed by atoms with van der Waals surface area (Å²) >= 11 is 0. The number of halogens is 1. The molecule has 0 saturated carbocycles. The molecule has 0 aromatic heterocycles. The molecule has 2 aromatic carbocycles. The molecule has 36 heavy (non-hydrogen) atoms. The Balaban J connectivity index is 2.49. The van der Waals surface area contributed by atoms with Crippen LogP contribution in [-0.4, -0.2) is 55.3 Å². The predicted molar refractivity (Wildman–Crippen MR) is 138 cm³/mol. The third-order valence-electron chi connectivity index (χ3n) is 5.37. The van der Waals surface area contributed by atoms with Crippen molar-refractivity contribution in [3.8, 4) is 0 Å². The van der Waals surface area contributed by atoms with Crippen molar-refractivity contribution in [3.05, 3.63) is 65.5 Å². The van der Waals surface area contributed by atoms with Gasteiger partial charge in [-0.25, -0.2) is 12.8 Å². The number of Topliss-reactive ketones (excluding diaryl/α,β-unsaturated/α-hetero) is 1. The van der Waals surface area contributed by atoms with Crippen LogP contribution >= 0.6 is 0 Å². The average Bonchev–Trinajstić information content (AvgIpc) is 2.76. The van der Waals surface area contributed by atoms with Crippen molar-refractivity contribution in [2.75, 3.05) is 17.1 Å². The van der Waals surface area contributed by atoms with Gasteiger partial charge in [0.15, 0.2) is 5.78 Å². The number of nitrogens with zero attached hydrogens (tertiary/aromatic N) is 2. The number of rotatable bonds is 10. The molecule has 0 aliphatic carbocycles. The van der Waals surface area contributed by atoms with Gasteiger partial charge in [0.25, 0.3) is 0 Å². The number of anilines is 1. The molecule has 0 fully saturated rings. The van der Waals surface area contributed by atoms with Crippen LogP contribution in [0.5, 0.6) is 0 Å². The van der Waals surface area contributed by atoms with Crippen LogP contribution in [0.4, 0.5) is 10.1 Å². The Bertz CT molecular complexity index is 1210. The summed E-state index contributed by atoms with van der Waals surface area (Å²) in [6.07, 6.45) is 1.24. The van der Waals surface area contributed by atoms with Crippen molar-refractivity contribution in [2.45, 2.75) is 59.2 Å². The molecule has 0 heterocycles. The van der Waals surface area contributed by atoms with Gasteiger partial charge in [-0.2, -0.15) is 0 Å². The van der Waals surface area contributed by atoms with Crippen molar-refractivity contribution in [1.29, 1.82) is 0 Å². The van der Waals surface area contributed by atoms with Crippen LogP contribution in [0.3, 0.4) is 0 Å². The SMILES string of the molecule is CC[C@@H](C(=O)NC(C)(C)C)N(Cc1ccc(F)cc1)C(=O)CN(c1cccc(C(C)=O)c1)S(C)(=O)=O. The molecule has 0 saturated heterocycles. The predicted octanol–water partition coefficient (Wildman–Crippen LogP) is 3.52. The Kier molecular flexibility index (Phi) is 9.37. The van der Waals surface area contributed by atoms with Gasteiger partial charge in [0, 0.05) is 17.6 Å². The van der Waals surface area contributed by atoms with Crippen LogP contribution in [0.2, 0.25) is 0 Å². The van der Waals surface area contributed by atoms with Crippen molar-refractivity contribution in [2.24, 2.45) is 0 Å². The zero-order chi connectivity index (χ0) is 27.3. The molecule has 8 nitrogen and oxygen atoms in total. The maximum absolute atomic E-state index is 13.6. The lowest BCUT2D eigenvalue weighted by Crippen LogP contribution is -2.55. The third-order valence-corrected chi connectivity index (χ3v) is 6.51. The standard InChI is InChI=1S/C26H34FN3O5S/c1-7-23(25(33)28-26(3,4)5)29(16-19-11-13-21(27)14-12-19)24(32)17-30(36(6,34)35)22-10-8-9-20(15-22)18(2)31/h8-15,23H,7,16-17H2,1-6H3,(H,28,33)/t23-/m0/s1. The van der Waals surface area contributed by atoms with Crippen LogP contribution in [0.15, 0.2) is 48.5 Å². The van der Waals surface area contributed by atoms with Crippen LogP contribution in [0.25, 0.3) is 0 Å². The lowest BCUT2D eigenvalue weighted by Gasteiger charge is -2.34. The topological polar surface area (TPSA) is 104 Å².